The minimum atomic E-state index is -0.339. The fourth-order valence-corrected chi connectivity index (χ4v) is 3.07. The number of halogens is 1. The number of benzene rings is 2. The summed E-state index contributed by atoms with van der Waals surface area (Å²) >= 11 is 7.16. The summed E-state index contributed by atoms with van der Waals surface area (Å²) in [5.74, 6) is 0.308. The fourth-order valence-electron chi connectivity index (χ4n) is 2.21. The molecule has 0 unspecified atom stereocenters. The molecule has 1 aromatic heterocycles. The molecule has 9 heteroatoms. The second-order valence-electron chi connectivity index (χ2n) is 5.23. The molecule has 0 amide bonds. The first-order valence-electron chi connectivity index (χ1n) is 7.42. The smallest absolute Gasteiger partial charge is 0.209 e. The average molecular weight is 392 g/mol. The number of phenols is 2. The van der Waals surface area contributed by atoms with Gasteiger partial charge in [0.05, 0.1) is 18.4 Å². The number of phenolic OH excluding ortho intramolecular Hbond substituents is 2. The van der Waals surface area contributed by atoms with Crippen LogP contribution in [0.4, 0.5) is 0 Å². The van der Waals surface area contributed by atoms with Crippen molar-refractivity contribution in [3.8, 4) is 28.6 Å². The number of aromatic nitrogens is 3. The van der Waals surface area contributed by atoms with Gasteiger partial charge in [0.25, 0.3) is 0 Å². The van der Waals surface area contributed by atoms with Crippen LogP contribution >= 0.6 is 23.4 Å². The molecule has 0 fully saturated rings. The summed E-state index contributed by atoms with van der Waals surface area (Å²) in [4.78, 5) is 16.5. The molecule has 0 bridgehead atoms. The summed E-state index contributed by atoms with van der Waals surface area (Å²) in [5.41, 5.74) is 0.953. The van der Waals surface area contributed by atoms with Crippen molar-refractivity contribution in [2.75, 3.05) is 12.9 Å². The molecule has 134 valence electrons. The van der Waals surface area contributed by atoms with Crippen LogP contribution in [0.15, 0.2) is 41.6 Å². The first-order chi connectivity index (χ1) is 12.5. The number of ketones is 1. The van der Waals surface area contributed by atoms with Gasteiger partial charge < -0.3 is 14.9 Å². The lowest BCUT2D eigenvalue weighted by molar-refractivity contribution is 0.102. The number of aromatic amines is 1. The highest BCUT2D eigenvalue weighted by atomic mass is 35.5. The van der Waals surface area contributed by atoms with Crippen LogP contribution < -0.4 is 4.74 Å². The Morgan fingerprint density at radius 2 is 2.04 bits per heavy atom. The zero-order valence-corrected chi connectivity index (χ0v) is 15.1. The van der Waals surface area contributed by atoms with Crippen LogP contribution in [0.3, 0.4) is 0 Å². The summed E-state index contributed by atoms with van der Waals surface area (Å²) < 4.78 is 5.29. The van der Waals surface area contributed by atoms with Crippen molar-refractivity contribution in [1.82, 2.24) is 15.2 Å². The van der Waals surface area contributed by atoms with E-state index in [0.717, 1.165) is 11.8 Å². The Bertz CT molecular complexity index is 961. The molecular formula is C17H14ClN3O4S. The minimum absolute atomic E-state index is 0.0776. The molecule has 3 rings (SSSR count). The molecular weight excluding hydrogens is 378 g/mol. The van der Waals surface area contributed by atoms with Gasteiger partial charge in [0, 0.05) is 10.6 Å². The van der Waals surface area contributed by atoms with Gasteiger partial charge in [0.1, 0.15) is 5.75 Å². The summed E-state index contributed by atoms with van der Waals surface area (Å²) in [7, 11) is 1.55. The number of nitrogens with one attached hydrogen (secondary N) is 1. The van der Waals surface area contributed by atoms with Crippen LogP contribution in [0.25, 0.3) is 11.4 Å². The quantitative estimate of drug-likeness (QED) is 0.335. The Morgan fingerprint density at radius 1 is 1.23 bits per heavy atom. The van der Waals surface area contributed by atoms with Crippen LogP contribution in [-0.2, 0) is 0 Å². The summed E-state index contributed by atoms with van der Waals surface area (Å²) in [6, 6.07) is 9.08. The monoisotopic (exact) mass is 391 g/mol. The third-order valence-electron chi connectivity index (χ3n) is 3.51. The number of carbonyl (C=O) groups is 1. The number of methoxy groups -OCH3 is 1. The number of rotatable bonds is 6. The van der Waals surface area contributed by atoms with E-state index >= 15 is 0 Å². The SMILES string of the molecule is COc1ccc(Cl)cc1-c1nc(SCC(=O)c2ccc(O)c(O)c2)n[nH]1. The van der Waals surface area contributed by atoms with Gasteiger partial charge in [0.15, 0.2) is 23.1 Å². The lowest BCUT2D eigenvalue weighted by atomic mass is 10.1. The largest absolute Gasteiger partial charge is 0.504 e. The molecule has 1 heterocycles. The molecule has 0 aliphatic carbocycles. The second kappa shape index (κ2) is 7.67. The topological polar surface area (TPSA) is 108 Å². The van der Waals surface area contributed by atoms with E-state index in [-0.39, 0.29) is 23.0 Å². The molecule has 3 aromatic rings. The van der Waals surface area contributed by atoms with Crippen molar-refractivity contribution in [2.45, 2.75) is 5.16 Å². The number of aromatic hydroxyl groups is 2. The zero-order chi connectivity index (χ0) is 18.7. The maximum Gasteiger partial charge on any atom is 0.209 e. The zero-order valence-electron chi connectivity index (χ0n) is 13.6. The van der Waals surface area contributed by atoms with E-state index in [4.69, 9.17) is 16.3 Å². The number of nitrogens with zero attached hydrogens (tertiary/aromatic N) is 2. The Labute approximate surface area is 158 Å². The maximum absolute atomic E-state index is 12.2. The Morgan fingerprint density at radius 3 is 2.77 bits per heavy atom. The molecule has 0 saturated heterocycles. The van der Waals surface area contributed by atoms with Crippen LogP contribution in [0.1, 0.15) is 10.4 Å². The van der Waals surface area contributed by atoms with Crippen molar-refractivity contribution < 1.29 is 19.7 Å². The normalized spacial score (nSPS) is 10.7. The fraction of sp³-hybridized carbons (Fsp3) is 0.118. The molecule has 26 heavy (non-hydrogen) atoms. The van der Waals surface area contributed by atoms with Crippen LogP contribution in [-0.4, -0.2) is 44.0 Å². The van der Waals surface area contributed by atoms with Crippen LogP contribution in [0.5, 0.6) is 17.2 Å². The van der Waals surface area contributed by atoms with Gasteiger partial charge in [-0.1, -0.05) is 23.4 Å². The van der Waals surface area contributed by atoms with E-state index in [1.54, 1.807) is 25.3 Å². The average Bonchev–Trinajstić information content (AvgIpc) is 3.11. The molecule has 0 atom stereocenters. The lowest BCUT2D eigenvalue weighted by Gasteiger charge is -2.05. The van der Waals surface area contributed by atoms with Gasteiger partial charge in [-0.2, -0.15) is 0 Å². The first kappa shape index (κ1) is 18.1. The number of hydrogen-bond acceptors (Lipinski definition) is 7. The van der Waals surface area contributed by atoms with Crippen LogP contribution in [0.2, 0.25) is 5.02 Å². The summed E-state index contributed by atoms with van der Waals surface area (Å²) in [5, 5.41) is 26.6. The van der Waals surface area contributed by atoms with Gasteiger partial charge in [-0.15, -0.1) is 5.10 Å². The Balaban J connectivity index is 1.72. The second-order valence-corrected chi connectivity index (χ2v) is 6.61. The summed E-state index contributed by atoms with van der Waals surface area (Å²) in [6.45, 7) is 0. The highest BCUT2D eigenvalue weighted by Gasteiger charge is 2.14. The van der Waals surface area contributed by atoms with E-state index in [9.17, 15) is 15.0 Å². The van der Waals surface area contributed by atoms with E-state index < -0.39 is 0 Å². The third-order valence-corrected chi connectivity index (χ3v) is 4.59. The number of Topliss-reactive ketones (excluding diaryl/α,β-unsaturated/α-hetero) is 1. The van der Waals surface area contributed by atoms with Gasteiger partial charge in [-0.05, 0) is 36.4 Å². The standard InChI is InChI=1S/C17H14ClN3O4S/c1-25-15-5-3-10(18)7-11(15)16-19-17(21-20-16)26-8-14(24)9-2-4-12(22)13(23)6-9/h2-7,22-23H,8H2,1H3,(H,19,20,21). The van der Waals surface area contributed by atoms with Crippen molar-refractivity contribution in [3.63, 3.8) is 0 Å². The van der Waals surface area contributed by atoms with Gasteiger partial charge in [0.2, 0.25) is 5.16 Å². The van der Waals surface area contributed by atoms with E-state index in [1.807, 2.05) is 0 Å². The molecule has 0 aliphatic rings. The van der Waals surface area contributed by atoms with Crippen molar-refractivity contribution in [1.29, 1.82) is 0 Å². The molecule has 0 radical (unpaired) electrons. The molecule has 0 spiro atoms. The van der Waals surface area contributed by atoms with E-state index in [2.05, 4.69) is 15.2 Å². The highest BCUT2D eigenvalue weighted by Crippen LogP contribution is 2.31. The minimum Gasteiger partial charge on any atom is -0.504 e. The predicted molar refractivity (Wildman–Crippen MR) is 98.2 cm³/mol. The number of ether oxygens (including phenoxy) is 1. The van der Waals surface area contributed by atoms with E-state index in [1.165, 1.54) is 18.2 Å². The number of H-pyrrole nitrogens is 1. The van der Waals surface area contributed by atoms with Crippen molar-refractivity contribution >= 4 is 29.1 Å². The molecule has 7 nitrogen and oxygen atoms in total. The molecule has 0 aliphatic heterocycles. The maximum atomic E-state index is 12.2. The summed E-state index contributed by atoms with van der Waals surface area (Å²) in [6.07, 6.45) is 0. The van der Waals surface area contributed by atoms with E-state index in [0.29, 0.717) is 32.9 Å². The van der Waals surface area contributed by atoms with Gasteiger partial charge in [-0.25, -0.2) is 4.98 Å². The van der Waals surface area contributed by atoms with Crippen molar-refractivity contribution in [2.24, 2.45) is 0 Å². The van der Waals surface area contributed by atoms with Crippen molar-refractivity contribution in [3.05, 3.63) is 47.0 Å². The third kappa shape index (κ3) is 3.92. The van der Waals surface area contributed by atoms with Gasteiger partial charge >= 0.3 is 0 Å². The molecule has 2 aromatic carbocycles. The molecule has 3 N–H and O–H groups in total. The Kier molecular flexibility index (Phi) is 5.34. The number of thioether (sulfide) groups is 1. The Hall–Kier alpha value is -2.71. The molecule has 0 saturated carbocycles. The van der Waals surface area contributed by atoms with Gasteiger partial charge in [-0.3, -0.25) is 9.89 Å². The number of carbonyl (C=O) groups excluding carboxylic acids is 1. The lowest BCUT2D eigenvalue weighted by Crippen LogP contribution is -2.02. The predicted octanol–water partition coefficient (Wildman–Crippen LogP) is 3.52. The van der Waals surface area contributed by atoms with Crippen LogP contribution in [0, 0.1) is 0 Å². The number of hydrogen-bond donors (Lipinski definition) is 3. The first-order valence-corrected chi connectivity index (χ1v) is 8.78. The highest BCUT2D eigenvalue weighted by molar-refractivity contribution is 7.99.